The topological polar surface area (TPSA) is 53.6 Å². The van der Waals surface area contributed by atoms with Gasteiger partial charge in [0.2, 0.25) is 0 Å². The fraction of sp³-hybridized carbons (Fsp3) is 0.316. The number of hydrogen-bond acceptors (Lipinski definition) is 3. The van der Waals surface area contributed by atoms with Crippen LogP contribution in [0.5, 0.6) is 5.75 Å². The Hall–Kier alpha value is -2.76. The molecule has 0 fully saturated rings. The first-order valence-corrected chi connectivity index (χ1v) is 8.21. The second-order valence-corrected chi connectivity index (χ2v) is 5.65. The molecule has 0 aliphatic carbocycles. The maximum Gasteiger partial charge on any atom is 0.315 e. The van der Waals surface area contributed by atoms with E-state index in [0.29, 0.717) is 31.7 Å². The quantitative estimate of drug-likeness (QED) is 0.723. The molecule has 2 rings (SSSR count). The maximum atomic E-state index is 13.7. The molecule has 0 atom stereocenters. The Morgan fingerprint density at radius 1 is 1.12 bits per heavy atom. The van der Waals surface area contributed by atoms with Crippen LogP contribution in [0.4, 0.5) is 14.9 Å². The number of halogens is 1. The highest BCUT2D eigenvalue weighted by atomic mass is 19.1. The molecule has 0 bridgehead atoms. The summed E-state index contributed by atoms with van der Waals surface area (Å²) in [5.41, 5.74) is 1.47. The number of urea groups is 1. The largest absolute Gasteiger partial charge is 0.496 e. The van der Waals surface area contributed by atoms with E-state index in [-0.39, 0.29) is 11.8 Å². The molecule has 2 aromatic carbocycles. The lowest BCUT2D eigenvalue weighted by Gasteiger charge is -2.19. The molecule has 0 aliphatic rings. The van der Waals surface area contributed by atoms with Gasteiger partial charge in [-0.15, -0.1) is 0 Å². The zero-order valence-electron chi connectivity index (χ0n) is 14.6. The molecule has 0 unspecified atom stereocenters. The number of carbonyl (C=O) groups excluding carboxylic acids is 1. The Balaban J connectivity index is 1.68. The van der Waals surface area contributed by atoms with Crippen LogP contribution in [-0.4, -0.2) is 33.3 Å². The van der Waals surface area contributed by atoms with Crippen LogP contribution in [0.3, 0.4) is 0 Å². The molecule has 2 amide bonds. The predicted molar refractivity (Wildman–Crippen MR) is 97.5 cm³/mol. The number of nitrogens with one attached hydrogen (secondary N) is 2. The van der Waals surface area contributed by atoms with Gasteiger partial charge in [-0.2, -0.15) is 0 Å². The number of para-hydroxylation sites is 2. The fourth-order valence-corrected chi connectivity index (χ4v) is 2.49. The Labute approximate surface area is 147 Å². The molecule has 0 saturated heterocycles. The van der Waals surface area contributed by atoms with Gasteiger partial charge in [0.25, 0.3) is 0 Å². The summed E-state index contributed by atoms with van der Waals surface area (Å²) >= 11 is 0. The van der Waals surface area contributed by atoms with Crippen molar-refractivity contribution in [1.82, 2.24) is 10.6 Å². The summed E-state index contributed by atoms with van der Waals surface area (Å²) in [5, 5.41) is 5.60. The minimum atomic E-state index is -0.243. The second kappa shape index (κ2) is 9.52. The lowest BCUT2D eigenvalue weighted by molar-refractivity contribution is 0.240. The zero-order chi connectivity index (χ0) is 18.1. The third-order valence-corrected chi connectivity index (χ3v) is 3.85. The normalized spacial score (nSPS) is 10.2. The van der Waals surface area contributed by atoms with Gasteiger partial charge in [-0.05, 0) is 24.6 Å². The summed E-state index contributed by atoms with van der Waals surface area (Å²) in [6.45, 7) is 1.55. The van der Waals surface area contributed by atoms with E-state index in [2.05, 4.69) is 10.6 Å². The first-order valence-electron chi connectivity index (χ1n) is 8.21. The van der Waals surface area contributed by atoms with Crippen molar-refractivity contribution < 1.29 is 13.9 Å². The van der Waals surface area contributed by atoms with Crippen molar-refractivity contribution in [3.8, 4) is 5.75 Å². The van der Waals surface area contributed by atoms with Crippen LogP contribution < -0.4 is 20.3 Å². The van der Waals surface area contributed by atoms with Crippen molar-refractivity contribution in [2.24, 2.45) is 0 Å². The van der Waals surface area contributed by atoms with Gasteiger partial charge in [-0.3, -0.25) is 0 Å². The molecule has 2 aromatic rings. The fourth-order valence-electron chi connectivity index (χ4n) is 2.49. The molecule has 134 valence electrons. The number of nitrogens with zero attached hydrogens (tertiary/aromatic N) is 1. The van der Waals surface area contributed by atoms with Crippen molar-refractivity contribution in [1.29, 1.82) is 0 Å². The molecule has 0 saturated carbocycles. The molecule has 25 heavy (non-hydrogen) atoms. The molecule has 5 nitrogen and oxygen atoms in total. The third kappa shape index (κ3) is 5.67. The highest BCUT2D eigenvalue weighted by molar-refractivity contribution is 5.73. The number of methoxy groups -OCH3 is 1. The van der Waals surface area contributed by atoms with Gasteiger partial charge in [0.1, 0.15) is 11.6 Å². The molecule has 2 N–H and O–H groups in total. The summed E-state index contributed by atoms with van der Waals surface area (Å²) in [4.78, 5) is 13.7. The molecule has 0 radical (unpaired) electrons. The Morgan fingerprint density at radius 3 is 2.60 bits per heavy atom. The van der Waals surface area contributed by atoms with E-state index in [0.717, 1.165) is 11.3 Å². The average Bonchev–Trinajstić information content (AvgIpc) is 2.64. The monoisotopic (exact) mass is 345 g/mol. The van der Waals surface area contributed by atoms with E-state index >= 15 is 0 Å². The number of ether oxygens (including phenoxy) is 1. The standard InChI is InChI=1S/C19H24FN3O2/c1-23(17-10-5-4-9-16(17)20)13-7-12-21-19(24)22-14-15-8-3-6-11-18(15)25-2/h3-6,8-11H,7,12-14H2,1-2H3,(H2,21,22,24). The number of amides is 2. The van der Waals surface area contributed by atoms with E-state index in [1.165, 1.54) is 6.07 Å². The molecule has 6 heteroatoms. The average molecular weight is 345 g/mol. The molecular weight excluding hydrogens is 321 g/mol. The van der Waals surface area contributed by atoms with Crippen LogP contribution in [0.1, 0.15) is 12.0 Å². The van der Waals surface area contributed by atoms with Crippen molar-refractivity contribution in [2.45, 2.75) is 13.0 Å². The summed E-state index contributed by atoms with van der Waals surface area (Å²) in [6, 6.07) is 14.0. The van der Waals surface area contributed by atoms with Gasteiger partial charge in [0.15, 0.2) is 0 Å². The SMILES string of the molecule is COc1ccccc1CNC(=O)NCCCN(C)c1ccccc1F. The van der Waals surface area contributed by atoms with Gasteiger partial charge in [-0.1, -0.05) is 30.3 Å². The van der Waals surface area contributed by atoms with Crippen LogP contribution in [0, 0.1) is 5.82 Å². The molecule has 0 spiro atoms. The van der Waals surface area contributed by atoms with E-state index < -0.39 is 0 Å². The zero-order valence-corrected chi connectivity index (χ0v) is 14.6. The van der Waals surface area contributed by atoms with E-state index in [9.17, 15) is 9.18 Å². The summed E-state index contributed by atoms with van der Waals surface area (Å²) < 4.78 is 18.9. The minimum absolute atomic E-state index is 0.237. The van der Waals surface area contributed by atoms with Crippen LogP contribution >= 0.6 is 0 Å². The summed E-state index contributed by atoms with van der Waals surface area (Å²) in [5.74, 6) is 0.502. The molecule has 0 aromatic heterocycles. The maximum absolute atomic E-state index is 13.7. The van der Waals surface area contributed by atoms with Crippen LogP contribution in [0.2, 0.25) is 0 Å². The molecule has 0 heterocycles. The number of hydrogen-bond donors (Lipinski definition) is 2. The van der Waals surface area contributed by atoms with Gasteiger partial charge in [-0.25, -0.2) is 9.18 Å². The lowest BCUT2D eigenvalue weighted by Crippen LogP contribution is -2.36. The number of carbonyl (C=O) groups is 1. The molecular formula is C19H24FN3O2. The highest BCUT2D eigenvalue weighted by Crippen LogP contribution is 2.17. The van der Waals surface area contributed by atoms with Crippen molar-refractivity contribution >= 4 is 11.7 Å². The molecule has 0 aliphatic heterocycles. The summed E-state index contributed by atoms with van der Waals surface area (Å²) in [7, 11) is 3.44. The van der Waals surface area contributed by atoms with E-state index in [4.69, 9.17) is 4.74 Å². The number of benzene rings is 2. The Morgan fingerprint density at radius 2 is 1.84 bits per heavy atom. The van der Waals surface area contributed by atoms with Crippen LogP contribution in [0.15, 0.2) is 48.5 Å². The Bertz CT molecular complexity index is 694. The number of anilines is 1. The van der Waals surface area contributed by atoms with Crippen molar-refractivity contribution in [3.63, 3.8) is 0 Å². The van der Waals surface area contributed by atoms with Crippen LogP contribution in [-0.2, 0) is 6.54 Å². The van der Waals surface area contributed by atoms with E-state index in [1.807, 2.05) is 36.2 Å². The Kier molecular flexibility index (Phi) is 7.07. The minimum Gasteiger partial charge on any atom is -0.496 e. The smallest absolute Gasteiger partial charge is 0.315 e. The third-order valence-electron chi connectivity index (χ3n) is 3.85. The van der Waals surface area contributed by atoms with Gasteiger partial charge in [0.05, 0.1) is 12.8 Å². The van der Waals surface area contributed by atoms with Crippen molar-refractivity contribution in [2.75, 3.05) is 32.1 Å². The highest BCUT2D eigenvalue weighted by Gasteiger charge is 2.07. The van der Waals surface area contributed by atoms with Crippen molar-refractivity contribution in [3.05, 3.63) is 59.9 Å². The first-order chi connectivity index (χ1) is 12.1. The van der Waals surface area contributed by atoms with E-state index in [1.54, 1.807) is 25.3 Å². The number of rotatable bonds is 8. The van der Waals surface area contributed by atoms with Gasteiger partial charge >= 0.3 is 6.03 Å². The van der Waals surface area contributed by atoms with Gasteiger partial charge < -0.3 is 20.3 Å². The second-order valence-electron chi connectivity index (χ2n) is 5.65. The first kappa shape index (κ1) is 18.6. The summed E-state index contributed by atoms with van der Waals surface area (Å²) in [6.07, 6.45) is 0.715. The van der Waals surface area contributed by atoms with Gasteiger partial charge in [0, 0.05) is 32.2 Å². The predicted octanol–water partition coefficient (Wildman–Crippen LogP) is 3.16. The lowest BCUT2D eigenvalue weighted by atomic mass is 10.2. The van der Waals surface area contributed by atoms with Crippen LogP contribution in [0.25, 0.3) is 0 Å².